The molecule has 1 aromatic heterocycles. The van der Waals surface area contributed by atoms with Gasteiger partial charge in [-0.3, -0.25) is 10.1 Å². The van der Waals surface area contributed by atoms with Gasteiger partial charge in [-0.1, -0.05) is 5.16 Å². The van der Waals surface area contributed by atoms with E-state index in [9.17, 15) is 14.9 Å². The summed E-state index contributed by atoms with van der Waals surface area (Å²) in [5, 5.41) is 19.6. The SMILES string of the molecule is O=C(NCc1nc(-c2ccc3c(c2)OCO3)no1)Nc1ccc([N+](=O)[O-])cc1. The highest BCUT2D eigenvalue weighted by atomic mass is 16.7. The lowest BCUT2D eigenvalue weighted by Crippen LogP contribution is -2.28. The third-order valence-electron chi connectivity index (χ3n) is 3.84. The summed E-state index contributed by atoms with van der Waals surface area (Å²) in [6.45, 7) is 0.181. The maximum absolute atomic E-state index is 11.9. The molecule has 0 fully saturated rings. The third-order valence-corrected chi connectivity index (χ3v) is 3.84. The average Bonchev–Trinajstić information content (AvgIpc) is 3.35. The molecule has 0 unspecified atom stereocenters. The summed E-state index contributed by atoms with van der Waals surface area (Å²) in [4.78, 5) is 26.3. The Kier molecular flexibility index (Phi) is 4.46. The van der Waals surface area contributed by atoms with Gasteiger partial charge in [0.25, 0.3) is 5.69 Å². The molecule has 0 radical (unpaired) electrons. The summed E-state index contributed by atoms with van der Waals surface area (Å²) >= 11 is 0. The quantitative estimate of drug-likeness (QED) is 0.506. The van der Waals surface area contributed by atoms with E-state index in [4.69, 9.17) is 14.0 Å². The van der Waals surface area contributed by atoms with Crippen LogP contribution in [0.2, 0.25) is 0 Å². The summed E-state index contributed by atoms with van der Waals surface area (Å²) in [5.41, 5.74) is 1.04. The van der Waals surface area contributed by atoms with Crippen molar-refractivity contribution in [3.63, 3.8) is 0 Å². The standard InChI is InChI=1S/C17H13N5O6/c23-17(19-11-2-4-12(5-3-11)22(24)25)18-8-15-20-16(21-28-15)10-1-6-13-14(7-10)27-9-26-13/h1-7H,8-9H2,(H2,18,19,23). The number of nitrogens with one attached hydrogen (secondary N) is 2. The smallest absolute Gasteiger partial charge is 0.319 e. The van der Waals surface area contributed by atoms with Crippen molar-refractivity contribution in [3.8, 4) is 22.9 Å². The van der Waals surface area contributed by atoms with E-state index < -0.39 is 11.0 Å². The molecule has 1 aliphatic rings. The molecule has 0 aliphatic carbocycles. The Morgan fingerprint density at radius 3 is 2.71 bits per heavy atom. The number of rotatable bonds is 5. The molecule has 2 heterocycles. The van der Waals surface area contributed by atoms with Crippen molar-refractivity contribution in [1.82, 2.24) is 15.5 Å². The van der Waals surface area contributed by atoms with Gasteiger partial charge in [-0.15, -0.1) is 0 Å². The number of nitro groups is 1. The number of non-ortho nitro benzene ring substituents is 1. The minimum absolute atomic E-state index is 0.0103. The summed E-state index contributed by atoms with van der Waals surface area (Å²) in [7, 11) is 0. The number of nitro benzene ring substituents is 1. The van der Waals surface area contributed by atoms with E-state index in [0.29, 0.717) is 28.6 Å². The van der Waals surface area contributed by atoms with Gasteiger partial charge in [0.2, 0.25) is 18.5 Å². The lowest BCUT2D eigenvalue weighted by Gasteiger charge is -2.05. The lowest BCUT2D eigenvalue weighted by atomic mass is 10.2. The fourth-order valence-electron chi connectivity index (χ4n) is 2.48. The Morgan fingerprint density at radius 1 is 1.14 bits per heavy atom. The number of urea groups is 1. The molecule has 11 heteroatoms. The van der Waals surface area contributed by atoms with Gasteiger partial charge >= 0.3 is 6.03 Å². The number of anilines is 1. The van der Waals surface area contributed by atoms with Gasteiger partial charge in [-0.25, -0.2) is 4.79 Å². The van der Waals surface area contributed by atoms with Crippen LogP contribution in [0.1, 0.15) is 5.89 Å². The Hall–Kier alpha value is -4.15. The monoisotopic (exact) mass is 383 g/mol. The first-order valence-corrected chi connectivity index (χ1v) is 8.10. The lowest BCUT2D eigenvalue weighted by molar-refractivity contribution is -0.384. The Labute approximate surface area is 157 Å². The number of aromatic nitrogens is 2. The zero-order valence-corrected chi connectivity index (χ0v) is 14.2. The van der Waals surface area contributed by atoms with Gasteiger partial charge in [0.05, 0.1) is 11.5 Å². The number of benzene rings is 2. The van der Waals surface area contributed by atoms with Crippen molar-refractivity contribution >= 4 is 17.4 Å². The van der Waals surface area contributed by atoms with Crippen LogP contribution < -0.4 is 20.1 Å². The van der Waals surface area contributed by atoms with Gasteiger partial charge in [0.1, 0.15) is 0 Å². The van der Waals surface area contributed by atoms with E-state index in [0.717, 1.165) is 0 Å². The van der Waals surface area contributed by atoms with Gasteiger partial charge in [0.15, 0.2) is 11.5 Å². The second-order valence-corrected chi connectivity index (χ2v) is 5.69. The van der Waals surface area contributed by atoms with E-state index in [1.54, 1.807) is 18.2 Å². The van der Waals surface area contributed by atoms with Crippen molar-refractivity contribution in [2.24, 2.45) is 0 Å². The molecule has 11 nitrogen and oxygen atoms in total. The molecular formula is C17H13N5O6. The summed E-state index contributed by atoms with van der Waals surface area (Å²) in [5.74, 6) is 1.82. The van der Waals surface area contributed by atoms with E-state index >= 15 is 0 Å². The third kappa shape index (κ3) is 3.67. The van der Waals surface area contributed by atoms with Gasteiger partial charge < -0.3 is 24.6 Å². The normalized spacial score (nSPS) is 11.9. The highest BCUT2D eigenvalue weighted by molar-refractivity contribution is 5.89. The number of nitrogens with zero attached hydrogens (tertiary/aromatic N) is 3. The maximum atomic E-state index is 11.9. The molecule has 0 atom stereocenters. The number of carbonyl (C=O) groups is 1. The zero-order valence-electron chi connectivity index (χ0n) is 14.2. The second kappa shape index (κ2) is 7.23. The molecule has 4 rings (SSSR count). The summed E-state index contributed by atoms with van der Waals surface area (Å²) in [6, 6.07) is 10.2. The molecular weight excluding hydrogens is 370 g/mol. The first-order valence-electron chi connectivity index (χ1n) is 8.10. The average molecular weight is 383 g/mol. The maximum Gasteiger partial charge on any atom is 0.319 e. The Bertz CT molecular complexity index is 1030. The van der Waals surface area contributed by atoms with Crippen molar-refractivity contribution < 1.29 is 23.7 Å². The minimum Gasteiger partial charge on any atom is -0.454 e. The van der Waals surface area contributed by atoms with Crippen LogP contribution in [-0.2, 0) is 6.54 Å². The highest BCUT2D eigenvalue weighted by Gasteiger charge is 2.17. The number of amides is 2. The van der Waals surface area contributed by atoms with Crippen LogP contribution in [0.15, 0.2) is 47.0 Å². The molecule has 0 saturated carbocycles. The fourth-order valence-corrected chi connectivity index (χ4v) is 2.48. The van der Waals surface area contributed by atoms with Crippen LogP contribution in [0.5, 0.6) is 11.5 Å². The number of ether oxygens (including phenoxy) is 2. The van der Waals surface area contributed by atoms with Crippen LogP contribution in [0.4, 0.5) is 16.2 Å². The molecule has 0 saturated heterocycles. The van der Waals surface area contributed by atoms with Crippen molar-refractivity contribution in [3.05, 3.63) is 58.5 Å². The van der Waals surface area contributed by atoms with Crippen LogP contribution >= 0.6 is 0 Å². The van der Waals surface area contributed by atoms with Gasteiger partial charge in [-0.2, -0.15) is 4.98 Å². The highest BCUT2D eigenvalue weighted by Crippen LogP contribution is 2.35. The van der Waals surface area contributed by atoms with Crippen molar-refractivity contribution in [1.29, 1.82) is 0 Å². The predicted molar refractivity (Wildman–Crippen MR) is 94.8 cm³/mol. The minimum atomic E-state index is -0.517. The topological polar surface area (TPSA) is 142 Å². The zero-order chi connectivity index (χ0) is 19.5. The largest absolute Gasteiger partial charge is 0.454 e. The van der Waals surface area contributed by atoms with E-state index in [1.165, 1.54) is 24.3 Å². The van der Waals surface area contributed by atoms with Crippen LogP contribution in [0.25, 0.3) is 11.4 Å². The molecule has 0 spiro atoms. The molecule has 28 heavy (non-hydrogen) atoms. The van der Waals surface area contributed by atoms with E-state index in [-0.39, 0.29) is 24.9 Å². The Morgan fingerprint density at radius 2 is 1.93 bits per heavy atom. The first kappa shape index (κ1) is 17.3. The van der Waals surface area contributed by atoms with Crippen molar-refractivity contribution in [2.75, 3.05) is 12.1 Å². The number of carbonyl (C=O) groups excluding carboxylic acids is 1. The second-order valence-electron chi connectivity index (χ2n) is 5.69. The molecule has 1 aliphatic heterocycles. The summed E-state index contributed by atoms with van der Waals surface area (Å²) in [6.07, 6.45) is 0. The van der Waals surface area contributed by atoms with Crippen molar-refractivity contribution in [2.45, 2.75) is 6.54 Å². The van der Waals surface area contributed by atoms with E-state index in [1.807, 2.05) is 0 Å². The fraction of sp³-hybridized carbons (Fsp3) is 0.118. The number of hydrogen-bond acceptors (Lipinski definition) is 8. The van der Waals surface area contributed by atoms with Crippen LogP contribution in [0, 0.1) is 10.1 Å². The molecule has 0 bridgehead atoms. The van der Waals surface area contributed by atoms with Crippen LogP contribution in [-0.4, -0.2) is 27.9 Å². The predicted octanol–water partition coefficient (Wildman–Crippen LogP) is 2.70. The molecule has 3 aromatic rings. The van der Waals surface area contributed by atoms with E-state index in [2.05, 4.69) is 20.8 Å². The number of fused-ring (bicyclic) bond motifs is 1. The number of hydrogen-bond donors (Lipinski definition) is 2. The van der Waals surface area contributed by atoms with Crippen LogP contribution in [0.3, 0.4) is 0 Å². The Balaban J connectivity index is 1.34. The summed E-state index contributed by atoms with van der Waals surface area (Å²) < 4.78 is 15.7. The van der Waals surface area contributed by atoms with Gasteiger partial charge in [-0.05, 0) is 30.3 Å². The molecule has 142 valence electrons. The molecule has 2 amide bonds. The first-order chi connectivity index (χ1) is 13.6. The molecule has 2 aromatic carbocycles. The molecule has 2 N–H and O–H groups in total. The van der Waals surface area contributed by atoms with Gasteiger partial charge in [0, 0.05) is 23.4 Å².